The van der Waals surface area contributed by atoms with Crippen molar-refractivity contribution in [1.82, 2.24) is 5.32 Å². The standard InChI is InChI=1S/C14H22N2O3S/c1-11(8-9-20(2,18)19)16-14(17)10-13(15)12-6-4-3-5-7-12/h3-7,11,13H,8-10,15H2,1-2H3,(H,16,17). The van der Waals surface area contributed by atoms with Crippen molar-refractivity contribution in [3.63, 3.8) is 0 Å². The van der Waals surface area contributed by atoms with Crippen LogP contribution in [-0.4, -0.2) is 32.4 Å². The van der Waals surface area contributed by atoms with E-state index in [-0.39, 0.29) is 30.2 Å². The SMILES string of the molecule is CC(CCS(C)(=O)=O)NC(=O)CC(N)c1ccccc1. The summed E-state index contributed by atoms with van der Waals surface area (Å²) in [6, 6.07) is 8.88. The normalized spacial score (nSPS) is 14.6. The van der Waals surface area contributed by atoms with Gasteiger partial charge in [-0.1, -0.05) is 30.3 Å². The minimum absolute atomic E-state index is 0.0686. The number of amides is 1. The van der Waals surface area contributed by atoms with E-state index in [1.54, 1.807) is 6.92 Å². The van der Waals surface area contributed by atoms with Gasteiger partial charge in [0.05, 0.1) is 5.75 Å². The molecule has 0 saturated heterocycles. The summed E-state index contributed by atoms with van der Waals surface area (Å²) in [5.41, 5.74) is 6.87. The van der Waals surface area contributed by atoms with Gasteiger partial charge in [0.2, 0.25) is 5.91 Å². The summed E-state index contributed by atoms with van der Waals surface area (Å²) >= 11 is 0. The van der Waals surface area contributed by atoms with E-state index < -0.39 is 9.84 Å². The predicted octanol–water partition coefficient (Wildman–Crippen LogP) is 1.02. The van der Waals surface area contributed by atoms with Crippen LogP contribution in [-0.2, 0) is 14.6 Å². The van der Waals surface area contributed by atoms with E-state index in [1.165, 1.54) is 6.26 Å². The van der Waals surface area contributed by atoms with E-state index >= 15 is 0 Å². The lowest BCUT2D eigenvalue weighted by Crippen LogP contribution is -2.35. The average molecular weight is 298 g/mol. The molecular formula is C14H22N2O3S. The van der Waals surface area contributed by atoms with Gasteiger partial charge < -0.3 is 11.1 Å². The molecule has 20 heavy (non-hydrogen) atoms. The van der Waals surface area contributed by atoms with Crippen LogP contribution in [0.1, 0.15) is 31.4 Å². The average Bonchev–Trinajstić information content (AvgIpc) is 2.36. The lowest BCUT2D eigenvalue weighted by molar-refractivity contribution is -0.122. The maximum atomic E-state index is 11.8. The van der Waals surface area contributed by atoms with Crippen LogP contribution in [0.15, 0.2) is 30.3 Å². The van der Waals surface area contributed by atoms with E-state index in [1.807, 2.05) is 30.3 Å². The topological polar surface area (TPSA) is 89.3 Å². The third-order valence-corrected chi connectivity index (χ3v) is 3.94. The van der Waals surface area contributed by atoms with Crippen molar-refractivity contribution < 1.29 is 13.2 Å². The molecule has 1 rings (SSSR count). The molecule has 2 atom stereocenters. The molecule has 0 aliphatic carbocycles. The summed E-state index contributed by atoms with van der Waals surface area (Å²) in [5.74, 6) is -0.0959. The summed E-state index contributed by atoms with van der Waals surface area (Å²) < 4.78 is 22.1. The van der Waals surface area contributed by atoms with Gasteiger partial charge in [-0.3, -0.25) is 4.79 Å². The van der Waals surface area contributed by atoms with Gasteiger partial charge in [-0.25, -0.2) is 8.42 Å². The first kappa shape index (κ1) is 16.7. The van der Waals surface area contributed by atoms with E-state index in [4.69, 9.17) is 5.73 Å². The number of benzene rings is 1. The van der Waals surface area contributed by atoms with E-state index in [2.05, 4.69) is 5.32 Å². The van der Waals surface area contributed by atoms with Crippen LogP contribution in [0, 0.1) is 0 Å². The van der Waals surface area contributed by atoms with Crippen molar-refractivity contribution in [1.29, 1.82) is 0 Å². The van der Waals surface area contributed by atoms with Crippen LogP contribution in [0.5, 0.6) is 0 Å². The number of rotatable bonds is 7. The van der Waals surface area contributed by atoms with Crippen LogP contribution < -0.4 is 11.1 Å². The van der Waals surface area contributed by atoms with Crippen molar-refractivity contribution in [2.75, 3.05) is 12.0 Å². The van der Waals surface area contributed by atoms with Gasteiger partial charge in [-0.15, -0.1) is 0 Å². The van der Waals surface area contributed by atoms with Gasteiger partial charge >= 0.3 is 0 Å². The monoisotopic (exact) mass is 298 g/mol. The molecule has 3 N–H and O–H groups in total. The zero-order chi connectivity index (χ0) is 15.2. The molecule has 1 amide bonds. The summed E-state index contributed by atoms with van der Waals surface area (Å²) in [4.78, 5) is 11.8. The molecular weight excluding hydrogens is 276 g/mol. The molecule has 6 heteroatoms. The van der Waals surface area contributed by atoms with Crippen molar-refractivity contribution in [3.05, 3.63) is 35.9 Å². The van der Waals surface area contributed by atoms with Crippen LogP contribution in [0.25, 0.3) is 0 Å². The molecule has 1 aromatic carbocycles. The van der Waals surface area contributed by atoms with Gasteiger partial charge in [0.25, 0.3) is 0 Å². The second-order valence-electron chi connectivity index (χ2n) is 5.11. The van der Waals surface area contributed by atoms with Crippen molar-refractivity contribution in [3.8, 4) is 0 Å². The molecule has 0 radical (unpaired) electrons. The molecule has 0 aliphatic heterocycles. The molecule has 0 saturated carbocycles. The smallest absolute Gasteiger partial charge is 0.222 e. The lowest BCUT2D eigenvalue weighted by atomic mass is 10.0. The number of nitrogens with one attached hydrogen (secondary N) is 1. The Labute approximate surface area is 120 Å². The molecule has 0 bridgehead atoms. The predicted molar refractivity (Wildman–Crippen MR) is 79.9 cm³/mol. The Balaban J connectivity index is 2.40. The first-order valence-corrected chi connectivity index (χ1v) is 8.61. The summed E-state index contributed by atoms with van der Waals surface area (Å²) in [6.45, 7) is 1.79. The zero-order valence-corrected chi connectivity index (χ0v) is 12.7. The van der Waals surface area contributed by atoms with E-state index in [9.17, 15) is 13.2 Å². The number of hydrogen-bond donors (Lipinski definition) is 2. The highest BCUT2D eigenvalue weighted by atomic mass is 32.2. The van der Waals surface area contributed by atoms with Crippen molar-refractivity contribution in [2.45, 2.75) is 31.8 Å². The highest BCUT2D eigenvalue weighted by Crippen LogP contribution is 2.13. The first-order chi connectivity index (χ1) is 9.28. The number of nitrogens with two attached hydrogens (primary N) is 1. The van der Waals surface area contributed by atoms with Crippen LogP contribution in [0.4, 0.5) is 0 Å². The zero-order valence-electron chi connectivity index (χ0n) is 11.9. The second kappa shape index (κ2) is 7.40. The largest absolute Gasteiger partial charge is 0.354 e. The Hall–Kier alpha value is -1.40. The molecule has 112 valence electrons. The van der Waals surface area contributed by atoms with E-state index in [0.29, 0.717) is 6.42 Å². The third kappa shape index (κ3) is 6.68. The van der Waals surface area contributed by atoms with Crippen LogP contribution in [0.3, 0.4) is 0 Å². The molecule has 0 heterocycles. The van der Waals surface area contributed by atoms with Gasteiger partial charge in [-0.05, 0) is 18.9 Å². The van der Waals surface area contributed by atoms with Crippen molar-refractivity contribution >= 4 is 15.7 Å². The lowest BCUT2D eigenvalue weighted by Gasteiger charge is -2.16. The Morgan fingerprint density at radius 3 is 2.45 bits per heavy atom. The fraction of sp³-hybridized carbons (Fsp3) is 0.500. The summed E-state index contributed by atoms with van der Waals surface area (Å²) in [7, 11) is -3.00. The van der Waals surface area contributed by atoms with Gasteiger partial charge in [-0.2, -0.15) is 0 Å². The maximum Gasteiger partial charge on any atom is 0.222 e. The molecule has 0 fully saturated rings. The molecule has 0 spiro atoms. The second-order valence-corrected chi connectivity index (χ2v) is 7.37. The first-order valence-electron chi connectivity index (χ1n) is 6.55. The van der Waals surface area contributed by atoms with Crippen molar-refractivity contribution in [2.24, 2.45) is 5.73 Å². The third-order valence-electron chi connectivity index (χ3n) is 2.96. The number of carbonyl (C=O) groups is 1. The molecule has 0 aromatic heterocycles. The summed E-state index contributed by atoms with van der Waals surface area (Å²) in [6.07, 6.45) is 1.78. The maximum absolute atomic E-state index is 11.8. The number of sulfone groups is 1. The van der Waals surface area contributed by atoms with Crippen LogP contribution >= 0.6 is 0 Å². The number of carbonyl (C=O) groups excluding carboxylic acids is 1. The fourth-order valence-electron chi connectivity index (χ4n) is 1.81. The van der Waals surface area contributed by atoms with Crippen LogP contribution in [0.2, 0.25) is 0 Å². The summed E-state index contributed by atoms with van der Waals surface area (Å²) in [5, 5.41) is 2.77. The highest BCUT2D eigenvalue weighted by molar-refractivity contribution is 7.90. The highest BCUT2D eigenvalue weighted by Gasteiger charge is 2.14. The van der Waals surface area contributed by atoms with Gasteiger partial charge in [0.1, 0.15) is 9.84 Å². The van der Waals surface area contributed by atoms with Gasteiger partial charge in [0, 0.05) is 24.8 Å². The van der Waals surface area contributed by atoms with E-state index in [0.717, 1.165) is 5.56 Å². The molecule has 2 unspecified atom stereocenters. The minimum Gasteiger partial charge on any atom is -0.354 e. The minimum atomic E-state index is -3.00. The fourth-order valence-corrected chi connectivity index (χ4v) is 2.60. The Bertz CT molecular complexity index is 529. The number of hydrogen-bond acceptors (Lipinski definition) is 4. The van der Waals surface area contributed by atoms with Gasteiger partial charge in [0.15, 0.2) is 0 Å². The Morgan fingerprint density at radius 2 is 1.90 bits per heavy atom. The quantitative estimate of drug-likeness (QED) is 0.786. The Morgan fingerprint density at radius 1 is 1.30 bits per heavy atom. The molecule has 5 nitrogen and oxygen atoms in total. The Kier molecular flexibility index (Phi) is 6.16. The molecule has 0 aliphatic rings. The molecule has 1 aromatic rings.